The first-order chi connectivity index (χ1) is 8.58. The van der Waals surface area contributed by atoms with Crippen LogP contribution < -0.4 is 14.8 Å². The van der Waals surface area contributed by atoms with Crippen LogP contribution in [0.4, 0.5) is 5.69 Å². The Morgan fingerprint density at radius 3 is 2.56 bits per heavy atom. The van der Waals surface area contributed by atoms with Gasteiger partial charge in [0.1, 0.15) is 13.2 Å². The molecule has 1 amide bonds. The van der Waals surface area contributed by atoms with Crippen molar-refractivity contribution >= 4 is 27.5 Å². The van der Waals surface area contributed by atoms with Crippen molar-refractivity contribution in [3.05, 3.63) is 16.6 Å². The van der Waals surface area contributed by atoms with E-state index in [4.69, 9.17) is 9.47 Å². The zero-order valence-electron chi connectivity index (χ0n) is 10.3. The van der Waals surface area contributed by atoms with E-state index in [0.29, 0.717) is 19.0 Å². The molecular formula is C12H15BrN2O3. The molecular weight excluding hydrogens is 300 g/mol. The molecule has 0 atom stereocenters. The standard InChI is InChI=1S/C12H15BrN2O3/c1-15(2)12(16)7-14-9-6-11-10(5-8(9)13)17-3-4-18-11/h5-6,14H,3-4,7H2,1-2H3. The summed E-state index contributed by atoms with van der Waals surface area (Å²) >= 11 is 3.44. The Morgan fingerprint density at radius 2 is 1.94 bits per heavy atom. The lowest BCUT2D eigenvalue weighted by molar-refractivity contribution is -0.126. The largest absolute Gasteiger partial charge is 0.486 e. The van der Waals surface area contributed by atoms with Gasteiger partial charge in [-0.05, 0) is 15.9 Å². The summed E-state index contributed by atoms with van der Waals surface area (Å²) in [5, 5.41) is 3.07. The monoisotopic (exact) mass is 314 g/mol. The molecule has 1 aliphatic rings. The third kappa shape index (κ3) is 2.87. The van der Waals surface area contributed by atoms with Gasteiger partial charge in [0.25, 0.3) is 0 Å². The molecule has 0 saturated heterocycles. The molecule has 6 heteroatoms. The van der Waals surface area contributed by atoms with E-state index >= 15 is 0 Å². The van der Waals surface area contributed by atoms with Crippen LogP contribution in [0.3, 0.4) is 0 Å². The molecule has 0 radical (unpaired) electrons. The van der Waals surface area contributed by atoms with Crippen LogP contribution >= 0.6 is 15.9 Å². The quantitative estimate of drug-likeness (QED) is 0.923. The fraction of sp³-hybridized carbons (Fsp3) is 0.417. The second-order valence-electron chi connectivity index (χ2n) is 4.12. The number of anilines is 1. The summed E-state index contributed by atoms with van der Waals surface area (Å²) in [5.41, 5.74) is 0.814. The number of ether oxygens (including phenoxy) is 2. The van der Waals surface area contributed by atoms with Crippen molar-refractivity contribution < 1.29 is 14.3 Å². The second-order valence-corrected chi connectivity index (χ2v) is 4.97. The van der Waals surface area contributed by atoms with E-state index in [2.05, 4.69) is 21.2 Å². The van der Waals surface area contributed by atoms with Gasteiger partial charge in [-0.25, -0.2) is 0 Å². The van der Waals surface area contributed by atoms with Gasteiger partial charge in [-0.15, -0.1) is 0 Å². The van der Waals surface area contributed by atoms with Crippen molar-refractivity contribution in [1.82, 2.24) is 4.90 Å². The van der Waals surface area contributed by atoms with E-state index < -0.39 is 0 Å². The zero-order chi connectivity index (χ0) is 13.1. The third-order valence-electron chi connectivity index (χ3n) is 2.56. The third-order valence-corrected chi connectivity index (χ3v) is 3.22. The first-order valence-electron chi connectivity index (χ1n) is 5.61. The molecule has 0 bridgehead atoms. The number of fused-ring (bicyclic) bond motifs is 1. The fourth-order valence-corrected chi connectivity index (χ4v) is 1.99. The predicted octanol–water partition coefficient (Wildman–Crippen LogP) is 1.72. The molecule has 0 fully saturated rings. The first kappa shape index (κ1) is 13.0. The number of halogens is 1. The molecule has 1 aromatic carbocycles. The minimum atomic E-state index is 0.0109. The summed E-state index contributed by atoms with van der Waals surface area (Å²) in [7, 11) is 3.45. The van der Waals surface area contributed by atoms with Gasteiger partial charge in [-0.3, -0.25) is 4.79 Å². The number of nitrogens with zero attached hydrogens (tertiary/aromatic N) is 1. The Bertz CT molecular complexity index is 463. The lowest BCUT2D eigenvalue weighted by Gasteiger charge is -2.20. The Morgan fingerprint density at radius 1 is 1.33 bits per heavy atom. The van der Waals surface area contributed by atoms with E-state index in [1.165, 1.54) is 0 Å². The molecule has 1 aromatic rings. The zero-order valence-corrected chi connectivity index (χ0v) is 11.9. The highest BCUT2D eigenvalue weighted by Gasteiger charge is 2.15. The number of carbonyl (C=O) groups is 1. The van der Waals surface area contributed by atoms with Gasteiger partial charge in [-0.2, -0.15) is 0 Å². The van der Waals surface area contributed by atoms with Gasteiger partial charge in [0.2, 0.25) is 5.91 Å². The average Bonchev–Trinajstić information content (AvgIpc) is 2.35. The number of hydrogen-bond acceptors (Lipinski definition) is 4. The fourth-order valence-electron chi connectivity index (χ4n) is 1.53. The Kier molecular flexibility index (Phi) is 3.96. The first-order valence-corrected chi connectivity index (χ1v) is 6.40. The van der Waals surface area contributed by atoms with Crippen molar-refractivity contribution in [1.29, 1.82) is 0 Å². The average molecular weight is 315 g/mol. The number of nitrogens with one attached hydrogen (secondary N) is 1. The highest BCUT2D eigenvalue weighted by atomic mass is 79.9. The maximum Gasteiger partial charge on any atom is 0.241 e. The van der Waals surface area contributed by atoms with Gasteiger partial charge >= 0.3 is 0 Å². The number of hydrogen-bond donors (Lipinski definition) is 1. The summed E-state index contributed by atoms with van der Waals surface area (Å²) in [6, 6.07) is 3.68. The van der Waals surface area contributed by atoms with Gasteiger partial charge in [0.05, 0.1) is 12.2 Å². The number of rotatable bonds is 3. The molecule has 5 nitrogen and oxygen atoms in total. The molecule has 1 heterocycles. The molecule has 0 spiro atoms. The van der Waals surface area contributed by atoms with Gasteiger partial charge in [0.15, 0.2) is 11.5 Å². The van der Waals surface area contributed by atoms with Gasteiger partial charge < -0.3 is 19.7 Å². The molecule has 1 N–H and O–H groups in total. The summed E-state index contributed by atoms with van der Waals surface area (Å²) in [5.74, 6) is 1.43. The maximum atomic E-state index is 11.5. The summed E-state index contributed by atoms with van der Waals surface area (Å²) in [6.07, 6.45) is 0. The van der Waals surface area contributed by atoms with E-state index in [-0.39, 0.29) is 12.5 Å². The Balaban J connectivity index is 2.11. The van der Waals surface area contributed by atoms with Crippen LogP contribution in [0, 0.1) is 0 Å². The molecule has 1 aliphatic heterocycles. The van der Waals surface area contributed by atoms with E-state index in [0.717, 1.165) is 15.9 Å². The van der Waals surface area contributed by atoms with Gasteiger partial charge in [-0.1, -0.05) is 0 Å². The number of carbonyl (C=O) groups excluding carboxylic acids is 1. The SMILES string of the molecule is CN(C)C(=O)CNc1cc2c(cc1Br)OCCO2. The topological polar surface area (TPSA) is 50.8 Å². The molecule has 0 unspecified atom stereocenters. The van der Waals surface area contributed by atoms with Gasteiger partial charge in [0, 0.05) is 30.7 Å². The highest BCUT2D eigenvalue weighted by molar-refractivity contribution is 9.10. The van der Waals surface area contributed by atoms with Crippen LogP contribution in [0.5, 0.6) is 11.5 Å². The molecule has 0 saturated carbocycles. The molecule has 0 aliphatic carbocycles. The lowest BCUT2D eigenvalue weighted by atomic mass is 10.2. The highest BCUT2D eigenvalue weighted by Crippen LogP contribution is 2.37. The minimum Gasteiger partial charge on any atom is -0.486 e. The number of likely N-dealkylation sites (N-methyl/N-ethyl adjacent to an activating group) is 1. The smallest absolute Gasteiger partial charge is 0.241 e. The van der Waals surface area contributed by atoms with Crippen LogP contribution in [0.1, 0.15) is 0 Å². The summed E-state index contributed by atoms with van der Waals surface area (Å²) in [4.78, 5) is 13.0. The van der Waals surface area contributed by atoms with Crippen LogP contribution in [0.15, 0.2) is 16.6 Å². The number of benzene rings is 1. The lowest BCUT2D eigenvalue weighted by Crippen LogP contribution is -2.28. The van der Waals surface area contributed by atoms with Crippen LogP contribution in [-0.2, 0) is 4.79 Å². The molecule has 2 rings (SSSR count). The minimum absolute atomic E-state index is 0.0109. The van der Waals surface area contributed by atoms with Crippen LogP contribution in [-0.4, -0.2) is 44.7 Å². The van der Waals surface area contributed by atoms with E-state index in [1.807, 2.05) is 12.1 Å². The van der Waals surface area contributed by atoms with Crippen molar-refractivity contribution in [3.63, 3.8) is 0 Å². The maximum absolute atomic E-state index is 11.5. The summed E-state index contributed by atoms with van der Waals surface area (Å²) in [6.45, 7) is 1.35. The van der Waals surface area contributed by atoms with E-state index in [1.54, 1.807) is 19.0 Å². The molecule has 18 heavy (non-hydrogen) atoms. The Labute approximate surface area is 114 Å². The summed E-state index contributed by atoms with van der Waals surface area (Å²) < 4.78 is 11.8. The van der Waals surface area contributed by atoms with Crippen LogP contribution in [0.25, 0.3) is 0 Å². The molecule has 98 valence electrons. The van der Waals surface area contributed by atoms with Crippen molar-refractivity contribution in [2.45, 2.75) is 0 Å². The Hall–Kier alpha value is -1.43. The van der Waals surface area contributed by atoms with Crippen LogP contribution in [0.2, 0.25) is 0 Å². The number of amides is 1. The van der Waals surface area contributed by atoms with Crippen molar-refractivity contribution in [2.75, 3.05) is 39.2 Å². The normalized spacial score (nSPS) is 13.1. The van der Waals surface area contributed by atoms with E-state index in [9.17, 15) is 4.79 Å². The van der Waals surface area contributed by atoms with Crippen molar-refractivity contribution in [3.8, 4) is 11.5 Å². The van der Waals surface area contributed by atoms with Crippen molar-refractivity contribution in [2.24, 2.45) is 0 Å². The second kappa shape index (κ2) is 5.48. The predicted molar refractivity (Wildman–Crippen MR) is 72.3 cm³/mol. The molecule has 0 aromatic heterocycles.